The van der Waals surface area contributed by atoms with Gasteiger partial charge in [-0.1, -0.05) is 37.1 Å². The number of nitrogens with zero attached hydrogens (tertiary/aromatic N) is 4. The molecule has 0 bridgehead atoms. The third kappa shape index (κ3) is 4.61. The zero-order valence-corrected chi connectivity index (χ0v) is 17.2. The fourth-order valence-corrected chi connectivity index (χ4v) is 2.85. The lowest BCUT2D eigenvalue weighted by atomic mass is 10.1. The molecular formula is C22H22N6O3. The number of hydrogen-bond acceptors (Lipinski definition) is 6. The summed E-state index contributed by atoms with van der Waals surface area (Å²) in [5.74, 6) is 0.613. The second-order valence-corrected chi connectivity index (χ2v) is 7.57. The number of fused-ring (bicyclic) bond motifs is 1. The van der Waals surface area contributed by atoms with E-state index in [1.165, 1.54) is 37.6 Å². The normalized spacial score (nSPS) is 12.8. The third-order valence-electron chi connectivity index (χ3n) is 5.00. The number of pyridine rings is 1. The standard InChI is InChI=1S/C18H14N6O3.C4H8/c1-10-2-3-12(17-21-9-27-23-17)6-13(10)22-18(26)14-8-20-15-7-11(16(19)25)4-5-24(14)15;1-4-2-3-4/h2-9H,1H3,(H2,19,25)(H,22,26);4H,2-3H2,1H3. The quantitative estimate of drug-likeness (QED) is 0.522. The number of rotatable bonds is 4. The van der Waals surface area contributed by atoms with Crippen molar-refractivity contribution in [3.8, 4) is 11.4 Å². The Morgan fingerprint density at radius 1 is 1.19 bits per heavy atom. The van der Waals surface area contributed by atoms with Crippen molar-refractivity contribution in [2.75, 3.05) is 5.32 Å². The van der Waals surface area contributed by atoms with Gasteiger partial charge in [-0.25, -0.2) is 4.98 Å². The number of imidazole rings is 1. The average molecular weight is 418 g/mol. The summed E-state index contributed by atoms with van der Waals surface area (Å²) in [5.41, 5.74) is 8.58. The summed E-state index contributed by atoms with van der Waals surface area (Å²) in [4.78, 5) is 32.2. The monoisotopic (exact) mass is 418 g/mol. The Morgan fingerprint density at radius 3 is 2.61 bits per heavy atom. The summed E-state index contributed by atoms with van der Waals surface area (Å²) in [6.07, 6.45) is 7.24. The highest BCUT2D eigenvalue weighted by Crippen LogP contribution is 2.26. The minimum atomic E-state index is -0.555. The molecule has 1 aliphatic carbocycles. The minimum absolute atomic E-state index is 0.323. The highest BCUT2D eigenvalue weighted by molar-refractivity contribution is 6.04. The van der Waals surface area contributed by atoms with Crippen LogP contribution in [0.4, 0.5) is 5.69 Å². The Balaban J connectivity index is 0.000000520. The van der Waals surface area contributed by atoms with Gasteiger partial charge < -0.3 is 15.6 Å². The highest BCUT2D eigenvalue weighted by Gasteiger charge is 2.15. The molecule has 3 aromatic heterocycles. The lowest BCUT2D eigenvalue weighted by Crippen LogP contribution is -2.16. The number of carbonyl (C=O) groups excluding carboxylic acids is 2. The molecule has 158 valence electrons. The summed E-state index contributed by atoms with van der Waals surface area (Å²) in [6.45, 7) is 4.16. The summed E-state index contributed by atoms with van der Waals surface area (Å²) < 4.78 is 6.34. The Hall–Kier alpha value is -4.01. The third-order valence-corrected chi connectivity index (χ3v) is 5.00. The molecule has 0 aliphatic heterocycles. The number of nitrogens with one attached hydrogen (secondary N) is 1. The van der Waals surface area contributed by atoms with Gasteiger partial charge in [-0.15, -0.1) is 0 Å². The second-order valence-electron chi connectivity index (χ2n) is 7.57. The van der Waals surface area contributed by atoms with Crippen LogP contribution in [0, 0.1) is 12.8 Å². The van der Waals surface area contributed by atoms with E-state index >= 15 is 0 Å². The van der Waals surface area contributed by atoms with E-state index in [1.54, 1.807) is 16.7 Å². The first-order valence-electron chi connectivity index (χ1n) is 9.88. The lowest BCUT2D eigenvalue weighted by molar-refractivity contribution is 0.0998. The fourth-order valence-electron chi connectivity index (χ4n) is 2.85. The molecule has 1 aromatic carbocycles. The number of anilines is 1. The first-order valence-corrected chi connectivity index (χ1v) is 9.88. The van der Waals surface area contributed by atoms with Crippen molar-refractivity contribution >= 4 is 23.1 Å². The van der Waals surface area contributed by atoms with Crippen molar-refractivity contribution in [2.45, 2.75) is 26.7 Å². The molecule has 1 saturated carbocycles. The minimum Gasteiger partial charge on any atom is -0.366 e. The number of carbonyl (C=O) groups is 2. The molecule has 3 N–H and O–H groups in total. The van der Waals surface area contributed by atoms with Crippen LogP contribution in [-0.4, -0.2) is 31.3 Å². The van der Waals surface area contributed by atoms with Crippen molar-refractivity contribution in [3.05, 3.63) is 65.9 Å². The molecule has 9 nitrogen and oxygen atoms in total. The van der Waals surface area contributed by atoms with Gasteiger partial charge in [-0.05, 0) is 36.6 Å². The van der Waals surface area contributed by atoms with E-state index < -0.39 is 5.91 Å². The molecule has 3 heterocycles. The van der Waals surface area contributed by atoms with Crippen LogP contribution in [0.15, 0.2) is 53.6 Å². The van der Waals surface area contributed by atoms with Crippen LogP contribution in [0.1, 0.15) is 46.2 Å². The topological polar surface area (TPSA) is 128 Å². The van der Waals surface area contributed by atoms with Crippen LogP contribution >= 0.6 is 0 Å². The highest BCUT2D eigenvalue weighted by atomic mass is 16.5. The van der Waals surface area contributed by atoms with Crippen LogP contribution in [0.2, 0.25) is 0 Å². The van der Waals surface area contributed by atoms with Crippen molar-refractivity contribution in [2.24, 2.45) is 11.7 Å². The number of benzene rings is 1. The summed E-state index contributed by atoms with van der Waals surface area (Å²) in [6, 6.07) is 8.54. The van der Waals surface area contributed by atoms with E-state index in [0.717, 1.165) is 11.5 Å². The maximum atomic E-state index is 12.7. The summed E-state index contributed by atoms with van der Waals surface area (Å²) in [5, 5.41) is 6.67. The zero-order chi connectivity index (χ0) is 22.0. The number of hydrogen-bond donors (Lipinski definition) is 2. The number of nitrogens with two attached hydrogens (primary N) is 1. The van der Waals surface area contributed by atoms with Crippen molar-refractivity contribution < 1.29 is 14.1 Å². The molecule has 1 aliphatic rings. The molecule has 31 heavy (non-hydrogen) atoms. The fraction of sp³-hybridized carbons (Fsp3) is 0.227. The average Bonchev–Trinajstić information content (AvgIpc) is 3.22. The predicted molar refractivity (Wildman–Crippen MR) is 115 cm³/mol. The van der Waals surface area contributed by atoms with E-state index in [1.807, 2.05) is 19.1 Å². The molecule has 1 fully saturated rings. The van der Waals surface area contributed by atoms with Gasteiger partial charge in [-0.3, -0.25) is 14.0 Å². The van der Waals surface area contributed by atoms with E-state index in [0.29, 0.717) is 34.0 Å². The van der Waals surface area contributed by atoms with Crippen molar-refractivity contribution in [1.29, 1.82) is 0 Å². The summed E-state index contributed by atoms with van der Waals surface area (Å²) in [7, 11) is 0. The van der Waals surface area contributed by atoms with Crippen molar-refractivity contribution in [1.82, 2.24) is 19.5 Å². The van der Waals surface area contributed by atoms with Crippen LogP contribution in [0.25, 0.3) is 17.0 Å². The molecule has 0 atom stereocenters. The van der Waals surface area contributed by atoms with Gasteiger partial charge >= 0.3 is 0 Å². The molecular weight excluding hydrogens is 396 g/mol. The Labute approximate surface area is 178 Å². The van der Waals surface area contributed by atoms with E-state index in [9.17, 15) is 9.59 Å². The SMILES string of the molecule is CC1CC1.Cc1ccc(-c2ncon2)cc1NC(=O)c1cnc2cc(C(N)=O)ccn12. The maximum Gasteiger partial charge on any atom is 0.274 e. The van der Waals surface area contributed by atoms with Gasteiger partial charge in [0.25, 0.3) is 5.91 Å². The first kappa shape index (κ1) is 20.3. The first-order chi connectivity index (χ1) is 14.9. The van der Waals surface area contributed by atoms with Gasteiger partial charge in [0, 0.05) is 23.0 Å². The predicted octanol–water partition coefficient (Wildman–Crippen LogP) is 3.46. The van der Waals surface area contributed by atoms with Gasteiger partial charge in [-0.2, -0.15) is 4.98 Å². The maximum absolute atomic E-state index is 12.7. The Kier molecular flexibility index (Phi) is 5.48. The van der Waals surface area contributed by atoms with Crippen LogP contribution < -0.4 is 11.1 Å². The van der Waals surface area contributed by atoms with Crippen LogP contribution in [0.3, 0.4) is 0 Å². The molecule has 0 radical (unpaired) electrons. The summed E-state index contributed by atoms with van der Waals surface area (Å²) >= 11 is 0. The van der Waals surface area contributed by atoms with Gasteiger partial charge in [0.15, 0.2) is 0 Å². The number of amides is 2. The molecule has 4 aromatic rings. The van der Waals surface area contributed by atoms with E-state index in [-0.39, 0.29) is 5.91 Å². The van der Waals surface area contributed by atoms with Gasteiger partial charge in [0.2, 0.25) is 18.1 Å². The molecule has 0 unspecified atom stereocenters. The Morgan fingerprint density at radius 2 is 1.97 bits per heavy atom. The molecule has 9 heteroatoms. The van der Waals surface area contributed by atoms with E-state index in [2.05, 4.69) is 27.4 Å². The van der Waals surface area contributed by atoms with Crippen molar-refractivity contribution in [3.63, 3.8) is 0 Å². The largest absolute Gasteiger partial charge is 0.366 e. The van der Waals surface area contributed by atoms with E-state index in [4.69, 9.17) is 10.3 Å². The van der Waals surface area contributed by atoms with Crippen LogP contribution in [-0.2, 0) is 0 Å². The second kappa shape index (κ2) is 8.39. The smallest absolute Gasteiger partial charge is 0.274 e. The van der Waals surface area contributed by atoms with Crippen LogP contribution in [0.5, 0.6) is 0 Å². The zero-order valence-electron chi connectivity index (χ0n) is 17.2. The Bertz CT molecular complexity index is 1240. The number of aryl methyl sites for hydroxylation is 1. The molecule has 0 spiro atoms. The van der Waals surface area contributed by atoms with Gasteiger partial charge in [0.1, 0.15) is 11.3 Å². The molecule has 5 rings (SSSR count). The number of aromatic nitrogens is 4. The van der Waals surface area contributed by atoms with Gasteiger partial charge in [0.05, 0.1) is 6.20 Å². The number of primary amides is 1. The molecule has 2 amide bonds. The lowest BCUT2D eigenvalue weighted by Gasteiger charge is -2.09. The molecule has 0 saturated heterocycles.